The standard InChI is InChI=1S/C30H37NO6S.C29H32F3NO5S/c1-36-28-19-18-26(22-29(28)37-2)38(34,35)21-9-5-3-4-8-20-31-27-11-7-6-10-24(27)15-12-23-13-16-25(17-14-23)30(32)33;1-2-3-4-5-8-21-33(39(36,37)26-19-17-25(18-20-26)38-29(30,31)32)27-10-7-6-9-23(27)14-11-22-12-15-24(16-13-22)28(34)35/h6-7,10-11,13-14,16-19,22,31H,3-5,8-9,12,15,20-21H2,1-2H3,(H,32,33);6-7,9-10,12-13,15-20H,2-5,8,11,14,21H2,1H3,(H,34,35). The van der Waals surface area contributed by atoms with Crippen molar-refractivity contribution in [3.05, 3.63) is 173 Å². The summed E-state index contributed by atoms with van der Waals surface area (Å²) in [6, 6.07) is 37.9. The fraction of sp³-hybridized carbons (Fsp3) is 0.356. The zero-order chi connectivity index (χ0) is 55.9. The summed E-state index contributed by atoms with van der Waals surface area (Å²) in [6.07, 6.45) is 6.93. The van der Waals surface area contributed by atoms with E-state index in [4.69, 9.17) is 19.7 Å². The fourth-order valence-corrected chi connectivity index (χ4v) is 11.5. The maximum Gasteiger partial charge on any atom is 0.573 e. The number of sulfonamides is 1. The molecule has 0 spiro atoms. The van der Waals surface area contributed by atoms with Gasteiger partial charge >= 0.3 is 18.3 Å². The molecule has 0 aromatic heterocycles. The Bertz CT molecular complexity index is 3030. The predicted octanol–water partition coefficient (Wildman–Crippen LogP) is 13.3. The van der Waals surface area contributed by atoms with Crippen molar-refractivity contribution in [3.63, 3.8) is 0 Å². The van der Waals surface area contributed by atoms with Crippen molar-refractivity contribution >= 4 is 43.2 Å². The SMILES string of the molecule is CCCCCCCN(c1ccccc1CCc1ccc(C(=O)O)cc1)S(=O)(=O)c1ccc(OC(F)(F)F)cc1.COc1ccc(S(=O)(=O)CCCCCCCNc2ccccc2CCc2ccc(C(=O)O)cc2)cc1OC. The summed E-state index contributed by atoms with van der Waals surface area (Å²) in [5, 5.41) is 21.7. The highest BCUT2D eigenvalue weighted by Gasteiger charge is 2.32. The quantitative estimate of drug-likeness (QED) is 0.0363. The summed E-state index contributed by atoms with van der Waals surface area (Å²) < 4.78 is 106. The number of unbranched alkanes of at least 4 members (excludes halogenated alkanes) is 8. The summed E-state index contributed by atoms with van der Waals surface area (Å²) in [4.78, 5) is 22.3. The molecule has 3 N–H and O–H groups in total. The van der Waals surface area contributed by atoms with E-state index in [2.05, 4.69) is 29.1 Å². The molecule has 0 amide bonds. The number of aryl methyl sites for hydroxylation is 4. The van der Waals surface area contributed by atoms with Gasteiger partial charge in [-0.15, -0.1) is 13.2 Å². The molecule has 0 saturated heterocycles. The number of ether oxygens (including phenoxy) is 3. The number of alkyl halides is 3. The number of anilines is 2. The van der Waals surface area contributed by atoms with Gasteiger partial charge < -0.3 is 29.7 Å². The van der Waals surface area contributed by atoms with Crippen LogP contribution in [0.5, 0.6) is 17.2 Å². The Morgan fingerprint density at radius 3 is 1.68 bits per heavy atom. The summed E-state index contributed by atoms with van der Waals surface area (Å²) in [6.45, 7) is 3.17. The topological polar surface area (TPSA) is 186 Å². The maximum atomic E-state index is 13.8. The van der Waals surface area contributed by atoms with E-state index in [9.17, 15) is 39.6 Å². The Labute approximate surface area is 451 Å². The van der Waals surface area contributed by atoms with Crippen LogP contribution in [0, 0.1) is 0 Å². The van der Waals surface area contributed by atoms with Crippen LogP contribution in [0.15, 0.2) is 149 Å². The second-order valence-electron chi connectivity index (χ2n) is 18.3. The zero-order valence-corrected chi connectivity index (χ0v) is 45.4. The molecule has 0 saturated carbocycles. The van der Waals surface area contributed by atoms with Gasteiger partial charge in [0, 0.05) is 24.8 Å². The fourth-order valence-electron chi connectivity index (χ4n) is 8.53. The van der Waals surface area contributed by atoms with E-state index in [1.54, 1.807) is 48.5 Å². The van der Waals surface area contributed by atoms with Gasteiger partial charge in [0.1, 0.15) is 5.75 Å². The van der Waals surface area contributed by atoms with Gasteiger partial charge in [-0.2, -0.15) is 0 Å². The highest BCUT2D eigenvalue weighted by atomic mass is 32.2. The molecule has 6 aromatic rings. The second-order valence-corrected chi connectivity index (χ2v) is 22.3. The molecular formula is C59H69F3N2O11S2. The van der Waals surface area contributed by atoms with E-state index in [-0.39, 0.29) is 27.7 Å². The number of carboxylic acid groups (broad SMARTS) is 2. The third-order valence-corrected chi connectivity index (χ3v) is 16.4. The van der Waals surface area contributed by atoms with Crippen molar-refractivity contribution in [2.45, 2.75) is 113 Å². The molecule has 18 heteroatoms. The lowest BCUT2D eigenvalue weighted by Gasteiger charge is -2.27. The minimum atomic E-state index is -4.88. The monoisotopic (exact) mass is 1100 g/mol. The van der Waals surface area contributed by atoms with Crippen molar-refractivity contribution in [1.82, 2.24) is 0 Å². The van der Waals surface area contributed by atoms with E-state index in [0.717, 1.165) is 117 Å². The summed E-state index contributed by atoms with van der Waals surface area (Å²) in [7, 11) is -4.45. The van der Waals surface area contributed by atoms with Gasteiger partial charge in [-0.3, -0.25) is 4.31 Å². The molecule has 0 unspecified atom stereocenters. The molecule has 0 fully saturated rings. The Kier molecular flexibility index (Phi) is 23.7. The number of aromatic carboxylic acids is 2. The number of nitrogens with zero attached hydrogens (tertiary/aromatic N) is 1. The maximum absolute atomic E-state index is 13.8. The molecule has 0 radical (unpaired) electrons. The number of carboxylic acids is 2. The number of sulfone groups is 1. The molecule has 0 aliphatic carbocycles. The number of hydrogen-bond donors (Lipinski definition) is 3. The highest BCUT2D eigenvalue weighted by molar-refractivity contribution is 7.92. The Morgan fingerprint density at radius 1 is 0.571 bits per heavy atom. The number of hydrogen-bond acceptors (Lipinski definition) is 10. The van der Waals surface area contributed by atoms with Gasteiger partial charge in [0.15, 0.2) is 21.3 Å². The Hall–Kier alpha value is -7.05. The molecule has 0 aliphatic rings. The van der Waals surface area contributed by atoms with Gasteiger partial charge in [0.2, 0.25) is 0 Å². The van der Waals surface area contributed by atoms with Crippen LogP contribution in [0.25, 0.3) is 0 Å². The molecule has 0 bridgehead atoms. The van der Waals surface area contributed by atoms with Crippen LogP contribution >= 0.6 is 0 Å². The van der Waals surface area contributed by atoms with Crippen LogP contribution in [0.1, 0.15) is 114 Å². The Balaban J connectivity index is 0.000000284. The normalized spacial score (nSPS) is 11.5. The van der Waals surface area contributed by atoms with Crippen molar-refractivity contribution in [3.8, 4) is 17.2 Å². The van der Waals surface area contributed by atoms with Crippen LogP contribution in [-0.2, 0) is 45.5 Å². The molecule has 77 heavy (non-hydrogen) atoms. The first-order valence-electron chi connectivity index (χ1n) is 25.7. The molecule has 0 heterocycles. The molecule has 6 rings (SSSR count). The lowest BCUT2D eigenvalue weighted by Crippen LogP contribution is -2.33. The molecular weight excluding hydrogens is 1030 g/mol. The smallest absolute Gasteiger partial charge is 0.493 e. The number of rotatable bonds is 30. The summed E-state index contributed by atoms with van der Waals surface area (Å²) in [5.74, 6) is -1.38. The van der Waals surface area contributed by atoms with Crippen LogP contribution in [0.4, 0.5) is 24.5 Å². The van der Waals surface area contributed by atoms with Crippen LogP contribution < -0.4 is 23.8 Å². The molecule has 6 aromatic carbocycles. The summed E-state index contributed by atoms with van der Waals surface area (Å²) >= 11 is 0. The van der Waals surface area contributed by atoms with Gasteiger partial charge in [0.25, 0.3) is 10.0 Å². The molecule has 0 aliphatic heterocycles. The van der Waals surface area contributed by atoms with Crippen molar-refractivity contribution in [2.24, 2.45) is 0 Å². The first kappa shape index (κ1) is 60.8. The number of nitrogens with one attached hydrogen (secondary N) is 1. The lowest BCUT2D eigenvalue weighted by atomic mass is 10.0. The van der Waals surface area contributed by atoms with Crippen LogP contribution in [-0.4, -0.2) is 78.4 Å². The van der Waals surface area contributed by atoms with Gasteiger partial charge in [0.05, 0.1) is 46.6 Å². The molecule has 414 valence electrons. The minimum Gasteiger partial charge on any atom is -0.493 e. The molecule has 13 nitrogen and oxygen atoms in total. The van der Waals surface area contributed by atoms with E-state index in [1.165, 1.54) is 42.3 Å². The zero-order valence-electron chi connectivity index (χ0n) is 43.8. The largest absolute Gasteiger partial charge is 0.573 e. The first-order valence-corrected chi connectivity index (χ1v) is 28.8. The number of methoxy groups -OCH3 is 2. The lowest BCUT2D eigenvalue weighted by molar-refractivity contribution is -0.274. The number of para-hydroxylation sites is 2. The van der Waals surface area contributed by atoms with E-state index in [1.807, 2.05) is 36.4 Å². The van der Waals surface area contributed by atoms with E-state index < -0.39 is 43.9 Å². The average Bonchev–Trinajstić information content (AvgIpc) is 3.42. The minimum absolute atomic E-state index is 0.118. The van der Waals surface area contributed by atoms with Crippen molar-refractivity contribution in [1.29, 1.82) is 0 Å². The third kappa shape index (κ3) is 19.5. The number of benzene rings is 6. The van der Waals surface area contributed by atoms with Crippen molar-refractivity contribution < 1.29 is 64.0 Å². The number of halogens is 3. The van der Waals surface area contributed by atoms with Gasteiger partial charge in [-0.1, -0.05) is 113 Å². The highest BCUT2D eigenvalue weighted by Crippen LogP contribution is 2.32. The Morgan fingerprint density at radius 2 is 1.09 bits per heavy atom. The second kappa shape index (κ2) is 30.0. The van der Waals surface area contributed by atoms with Crippen LogP contribution in [0.3, 0.4) is 0 Å². The third-order valence-electron chi connectivity index (χ3n) is 12.8. The van der Waals surface area contributed by atoms with Gasteiger partial charge in [-0.05, 0) is 140 Å². The number of carbonyl (C=O) groups is 2. The summed E-state index contributed by atoms with van der Waals surface area (Å²) in [5.41, 5.74) is 6.15. The van der Waals surface area contributed by atoms with Gasteiger partial charge in [-0.25, -0.2) is 26.4 Å². The van der Waals surface area contributed by atoms with Crippen LogP contribution in [0.2, 0.25) is 0 Å². The van der Waals surface area contributed by atoms with Crippen molar-refractivity contribution in [2.75, 3.05) is 42.7 Å². The molecule has 0 atom stereocenters. The first-order chi connectivity index (χ1) is 36.8. The average molecular weight is 1100 g/mol. The van der Waals surface area contributed by atoms with E-state index >= 15 is 0 Å². The van der Waals surface area contributed by atoms with E-state index in [0.29, 0.717) is 48.4 Å². The predicted molar refractivity (Wildman–Crippen MR) is 294 cm³/mol.